The molecule has 2 saturated heterocycles. The number of carbonyl (C=O) groups is 2. The van der Waals surface area contributed by atoms with Crippen LogP contribution >= 0.6 is 0 Å². The summed E-state index contributed by atoms with van der Waals surface area (Å²) < 4.78 is 43.8. The lowest BCUT2D eigenvalue weighted by molar-refractivity contribution is -0.137. The molecule has 0 bridgehead atoms. The van der Waals surface area contributed by atoms with Gasteiger partial charge in [0.05, 0.1) is 18.8 Å². The maximum Gasteiger partial charge on any atom is 0.416 e. The van der Waals surface area contributed by atoms with Gasteiger partial charge in [-0.3, -0.25) is 9.59 Å². The molecule has 4 fully saturated rings. The van der Waals surface area contributed by atoms with Gasteiger partial charge in [-0.15, -0.1) is 0 Å². The lowest BCUT2D eigenvalue weighted by atomic mass is 9.90. The monoisotopic (exact) mass is 422 g/mol. The number of benzene rings is 1. The number of fused-ring (bicyclic) bond motifs is 1. The minimum absolute atomic E-state index is 0.0663. The minimum atomic E-state index is -4.40. The number of halogens is 3. The van der Waals surface area contributed by atoms with Gasteiger partial charge < -0.3 is 15.0 Å². The van der Waals surface area contributed by atoms with Crippen molar-refractivity contribution in [1.29, 1.82) is 0 Å². The Bertz CT molecular complexity index is 882. The van der Waals surface area contributed by atoms with Crippen LogP contribution in [0.2, 0.25) is 0 Å². The van der Waals surface area contributed by atoms with Crippen LogP contribution < -0.4 is 5.32 Å². The first-order chi connectivity index (χ1) is 14.2. The predicted molar refractivity (Wildman–Crippen MR) is 102 cm³/mol. The van der Waals surface area contributed by atoms with E-state index in [1.165, 1.54) is 6.07 Å². The maximum absolute atomic E-state index is 12.8. The Labute approximate surface area is 172 Å². The number of hydrogen-bond acceptors (Lipinski definition) is 3. The van der Waals surface area contributed by atoms with Crippen molar-refractivity contribution in [3.63, 3.8) is 0 Å². The van der Waals surface area contributed by atoms with Crippen LogP contribution in [0.3, 0.4) is 0 Å². The number of nitrogens with one attached hydrogen (secondary N) is 1. The summed E-state index contributed by atoms with van der Waals surface area (Å²) in [4.78, 5) is 27.4. The van der Waals surface area contributed by atoms with Gasteiger partial charge in [0.2, 0.25) is 11.8 Å². The number of likely N-dealkylation sites (tertiary alicyclic amines) is 1. The maximum atomic E-state index is 12.8. The molecule has 2 saturated carbocycles. The third kappa shape index (κ3) is 3.29. The molecule has 2 aliphatic heterocycles. The Kier molecular flexibility index (Phi) is 4.44. The molecule has 2 aliphatic carbocycles. The number of alkyl halides is 3. The van der Waals surface area contributed by atoms with Crippen molar-refractivity contribution >= 4 is 17.5 Å². The van der Waals surface area contributed by atoms with Gasteiger partial charge in [0.15, 0.2) is 0 Å². The van der Waals surface area contributed by atoms with Crippen molar-refractivity contribution in [3.8, 4) is 0 Å². The van der Waals surface area contributed by atoms with Crippen molar-refractivity contribution in [2.75, 3.05) is 31.6 Å². The lowest BCUT2D eigenvalue weighted by Crippen LogP contribution is -2.41. The summed E-state index contributed by atoms with van der Waals surface area (Å²) in [5.41, 5.74) is 0.0325. The van der Waals surface area contributed by atoms with Crippen LogP contribution in [0.15, 0.2) is 18.2 Å². The molecule has 0 aromatic heterocycles. The second-order valence-corrected chi connectivity index (χ2v) is 9.35. The third-order valence-electron chi connectivity index (χ3n) is 7.63. The molecular formula is C22H25F3N2O3. The van der Waals surface area contributed by atoms with E-state index in [1.54, 1.807) is 6.92 Å². The van der Waals surface area contributed by atoms with Gasteiger partial charge in [0.1, 0.15) is 0 Å². The SMILES string of the molecule is Cc1cc(C(F)(F)F)ccc1NC(=O)[C@@H]1CC12CCN(C(=O)C1[C@@H]3COC[C@@H]13)CC2. The van der Waals surface area contributed by atoms with E-state index in [0.29, 0.717) is 49.4 Å². The van der Waals surface area contributed by atoms with Gasteiger partial charge in [-0.25, -0.2) is 0 Å². The van der Waals surface area contributed by atoms with Crippen molar-refractivity contribution in [1.82, 2.24) is 4.90 Å². The number of carbonyl (C=O) groups excluding carboxylic acids is 2. The molecule has 30 heavy (non-hydrogen) atoms. The molecule has 5 nitrogen and oxygen atoms in total. The fraction of sp³-hybridized carbons (Fsp3) is 0.636. The van der Waals surface area contributed by atoms with Crippen LogP contribution in [0.5, 0.6) is 0 Å². The van der Waals surface area contributed by atoms with Gasteiger partial charge in [-0.2, -0.15) is 13.2 Å². The highest BCUT2D eigenvalue weighted by atomic mass is 19.4. The standard InChI is InChI=1S/C22H25F3N2O3/c1-12-8-13(22(23,24)25)2-3-17(12)26-19(28)16-9-21(16)4-6-27(7-5-21)20(29)18-14-10-30-11-15(14)18/h2-3,8,14-16,18H,4-7,9-11H2,1H3,(H,26,28)/t14-,15-,16+/m1/s1. The zero-order valence-electron chi connectivity index (χ0n) is 16.8. The number of aryl methyl sites for hydroxylation is 1. The average Bonchev–Trinajstić information content (AvgIpc) is 3.53. The molecule has 0 unspecified atom stereocenters. The number of nitrogens with zero attached hydrogens (tertiary/aromatic N) is 1. The summed E-state index contributed by atoms with van der Waals surface area (Å²) in [7, 11) is 0. The van der Waals surface area contributed by atoms with E-state index in [9.17, 15) is 22.8 Å². The summed E-state index contributed by atoms with van der Waals surface area (Å²) in [6.45, 7) is 4.32. The fourth-order valence-electron chi connectivity index (χ4n) is 5.46. The Hall–Kier alpha value is -2.09. The van der Waals surface area contributed by atoms with Crippen molar-refractivity contribution < 1.29 is 27.5 Å². The molecule has 0 radical (unpaired) electrons. The predicted octanol–water partition coefficient (Wildman–Crippen LogP) is 3.47. The van der Waals surface area contributed by atoms with E-state index in [0.717, 1.165) is 31.4 Å². The number of amides is 2. The van der Waals surface area contributed by atoms with Crippen molar-refractivity contribution in [2.45, 2.75) is 32.4 Å². The first-order valence-corrected chi connectivity index (χ1v) is 10.5. The van der Waals surface area contributed by atoms with E-state index in [2.05, 4.69) is 5.32 Å². The van der Waals surface area contributed by atoms with Gasteiger partial charge in [-0.1, -0.05) is 0 Å². The molecule has 1 aromatic carbocycles. The molecule has 3 atom stereocenters. The number of anilines is 1. The number of ether oxygens (including phenoxy) is 1. The molecule has 5 rings (SSSR count). The summed E-state index contributed by atoms with van der Waals surface area (Å²) in [5, 5.41) is 2.81. The van der Waals surface area contributed by atoms with Crippen LogP contribution in [0.4, 0.5) is 18.9 Å². The van der Waals surface area contributed by atoms with E-state index in [-0.39, 0.29) is 29.1 Å². The largest absolute Gasteiger partial charge is 0.416 e. The molecule has 8 heteroatoms. The molecule has 1 spiro atoms. The van der Waals surface area contributed by atoms with Crippen LogP contribution in [0, 0.1) is 36.0 Å². The molecule has 162 valence electrons. The Balaban J connectivity index is 1.15. The highest BCUT2D eigenvalue weighted by molar-refractivity contribution is 5.95. The van der Waals surface area contributed by atoms with Gasteiger partial charge >= 0.3 is 6.18 Å². The second kappa shape index (κ2) is 6.70. The number of hydrogen-bond donors (Lipinski definition) is 1. The normalized spacial score (nSPS) is 31.4. The van der Waals surface area contributed by atoms with Crippen molar-refractivity contribution in [2.24, 2.45) is 29.1 Å². The molecule has 2 amide bonds. The third-order valence-corrected chi connectivity index (χ3v) is 7.63. The molecule has 4 aliphatic rings. The second-order valence-electron chi connectivity index (χ2n) is 9.35. The van der Waals surface area contributed by atoms with E-state index >= 15 is 0 Å². The van der Waals surface area contributed by atoms with Gasteiger partial charge in [0, 0.05) is 30.6 Å². The zero-order chi connectivity index (χ0) is 21.3. The first-order valence-electron chi connectivity index (χ1n) is 10.5. The Morgan fingerprint density at radius 2 is 1.83 bits per heavy atom. The number of piperidine rings is 1. The summed E-state index contributed by atoms with van der Waals surface area (Å²) in [5.74, 6) is 0.912. The molecule has 1 aromatic rings. The van der Waals surface area contributed by atoms with E-state index in [4.69, 9.17) is 4.74 Å². The lowest BCUT2D eigenvalue weighted by Gasteiger charge is -2.33. The fourth-order valence-corrected chi connectivity index (χ4v) is 5.46. The summed E-state index contributed by atoms with van der Waals surface area (Å²) in [6.07, 6.45) is -2.00. The smallest absolute Gasteiger partial charge is 0.381 e. The topological polar surface area (TPSA) is 58.6 Å². The quantitative estimate of drug-likeness (QED) is 0.812. The molecule has 1 N–H and O–H groups in total. The zero-order valence-corrected chi connectivity index (χ0v) is 16.8. The highest BCUT2D eigenvalue weighted by Crippen LogP contribution is 2.60. The van der Waals surface area contributed by atoms with E-state index in [1.807, 2.05) is 4.90 Å². The Morgan fingerprint density at radius 1 is 1.17 bits per heavy atom. The van der Waals surface area contributed by atoms with Gasteiger partial charge in [-0.05, 0) is 67.2 Å². The van der Waals surface area contributed by atoms with Crippen LogP contribution in [-0.2, 0) is 20.5 Å². The Morgan fingerprint density at radius 3 is 2.43 bits per heavy atom. The minimum Gasteiger partial charge on any atom is -0.381 e. The number of rotatable bonds is 3. The average molecular weight is 422 g/mol. The van der Waals surface area contributed by atoms with Crippen molar-refractivity contribution in [3.05, 3.63) is 29.3 Å². The molecular weight excluding hydrogens is 397 g/mol. The van der Waals surface area contributed by atoms with Gasteiger partial charge in [0.25, 0.3) is 0 Å². The van der Waals surface area contributed by atoms with Crippen LogP contribution in [0.25, 0.3) is 0 Å². The summed E-state index contributed by atoms with van der Waals surface area (Å²) >= 11 is 0. The highest BCUT2D eigenvalue weighted by Gasteiger charge is 2.62. The first kappa shape index (κ1) is 19.8. The molecule has 2 heterocycles. The summed E-state index contributed by atoms with van der Waals surface area (Å²) in [6, 6.07) is 3.37. The van der Waals surface area contributed by atoms with E-state index < -0.39 is 11.7 Å². The van der Waals surface area contributed by atoms with Crippen LogP contribution in [-0.4, -0.2) is 43.0 Å². The van der Waals surface area contributed by atoms with Crippen LogP contribution in [0.1, 0.15) is 30.4 Å².